The third-order valence-corrected chi connectivity index (χ3v) is 6.33. The Labute approximate surface area is 212 Å². The van der Waals surface area contributed by atoms with Gasteiger partial charge in [-0.25, -0.2) is 0 Å². The molecule has 0 bridgehead atoms. The molecular weight excluding hydrogens is 581 g/mol. The van der Waals surface area contributed by atoms with Crippen LogP contribution >= 0.6 is 55.1 Å². The van der Waals surface area contributed by atoms with Crippen molar-refractivity contribution < 1.29 is 9.53 Å². The topological polar surface area (TPSA) is 67.0 Å². The highest BCUT2D eigenvalue weighted by atomic mass is 79.9. The van der Waals surface area contributed by atoms with Crippen molar-refractivity contribution in [3.63, 3.8) is 0 Å². The second-order valence-corrected chi connectivity index (χ2v) is 9.45. The Kier molecular flexibility index (Phi) is 8.07. The maximum atomic E-state index is 12.6. The number of nitriles is 1. The van der Waals surface area contributed by atoms with Gasteiger partial charge >= 0.3 is 0 Å². The molecule has 9 heteroatoms. The van der Waals surface area contributed by atoms with Crippen molar-refractivity contribution in [1.82, 2.24) is 4.68 Å². The van der Waals surface area contributed by atoms with E-state index >= 15 is 0 Å². The van der Waals surface area contributed by atoms with Gasteiger partial charge in [-0.05, 0) is 93.7 Å². The van der Waals surface area contributed by atoms with E-state index in [4.69, 9.17) is 27.9 Å². The second-order valence-electron chi connectivity index (χ2n) is 6.90. The predicted octanol–water partition coefficient (Wildman–Crippen LogP) is 7.19. The zero-order chi connectivity index (χ0) is 23.4. The monoisotopic (exact) mass is 595 g/mol. The molecule has 3 rings (SSSR count). The highest BCUT2D eigenvalue weighted by molar-refractivity contribution is 9.11. The van der Waals surface area contributed by atoms with Gasteiger partial charge in [-0.2, -0.15) is 5.26 Å². The SMILES string of the molecule is Cc1ccc(C)n1NC(=O)/C(C#N)=C\c1cc(Br)c(OCc2ccc(Cl)cc2Cl)c(Br)c1. The Morgan fingerprint density at radius 1 is 1.12 bits per heavy atom. The van der Waals surface area contributed by atoms with E-state index in [2.05, 4.69) is 37.3 Å². The number of carbonyl (C=O) groups is 1. The number of ether oxygens (including phenoxy) is 1. The Morgan fingerprint density at radius 3 is 2.31 bits per heavy atom. The van der Waals surface area contributed by atoms with Crippen LogP contribution in [0.3, 0.4) is 0 Å². The molecule has 0 aliphatic heterocycles. The van der Waals surface area contributed by atoms with Crippen LogP contribution in [0.5, 0.6) is 5.75 Å². The predicted molar refractivity (Wildman–Crippen MR) is 134 cm³/mol. The van der Waals surface area contributed by atoms with E-state index in [1.807, 2.05) is 32.0 Å². The number of benzene rings is 2. The van der Waals surface area contributed by atoms with Crippen LogP contribution in [0.1, 0.15) is 22.5 Å². The summed E-state index contributed by atoms with van der Waals surface area (Å²) in [5.74, 6) is 0.0644. The molecule has 0 unspecified atom stereocenters. The van der Waals surface area contributed by atoms with E-state index in [0.717, 1.165) is 17.0 Å². The van der Waals surface area contributed by atoms with Crippen molar-refractivity contribution in [3.05, 3.63) is 89.5 Å². The zero-order valence-corrected chi connectivity index (χ0v) is 21.7. The Bertz CT molecular complexity index is 1220. The van der Waals surface area contributed by atoms with Crippen LogP contribution in [0.15, 0.2) is 57.0 Å². The molecule has 1 aromatic heterocycles. The minimum absolute atomic E-state index is 0.0297. The third-order valence-electron chi connectivity index (χ3n) is 4.57. The average Bonchev–Trinajstić information content (AvgIpc) is 3.04. The summed E-state index contributed by atoms with van der Waals surface area (Å²) in [4.78, 5) is 12.6. The first-order valence-corrected chi connectivity index (χ1v) is 11.7. The van der Waals surface area contributed by atoms with Crippen LogP contribution in [-0.4, -0.2) is 10.6 Å². The lowest BCUT2D eigenvalue weighted by molar-refractivity contribution is -0.113. The molecule has 32 heavy (non-hydrogen) atoms. The zero-order valence-electron chi connectivity index (χ0n) is 17.0. The van der Waals surface area contributed by atoms with Gasteiger partial charge in [0.2, 0.25) is 0 Å². The molecule has 0 aliphatic carbocycles. The summed E-state index contributed by atoms with van der Waals surface area (Å²) in [7, 11) is 0. The summed E-state index contributed by atoms with van der Waals surface area (Å²) >= 11 is 19.1. The molecule has 1 heterocycles. The average molecular weight is 598 g/mol. The Hall–Kier alpha value is -2.24. The minimum atomic E-state index is -0.500. The number of hydrogen-bond donors (Lipinski definition) is 1. The molecule has 0 atom stereocenters. The fraction of sp³-hybridized carbons (Fsp3) is 0.130. The number of amides is 1. The first-order valence-electron chi connectivity index (χ1n) is 9.33. The van der Waals surface area contributed by atoms with Gasteiger partial charge in [-0.3, -0.25) is 14.9 Å². The van der Waals surface area contributed by atoms with Gasteiger partial charge in [-0.15, -0.1) is 0 Å². The van der Waals surface area contributed by atoms with Gasteiger partial charge in [-0.1, -0.05) is 29.3 Å². The Morgan fingerprint density at radius 2 is 1.75 bits per heavy atom. The Balaban J connectivity index is 1.80. The van der Waals surface area contributed by atoms with E-state index in [1.165, 1.54) is 6.08 Å². The van der Waals surface area contributed by atoms with Crippen LogP contribution in [0.2, 0.25) is 10.0 Å². The maximum Gasteiger partial charge on any atom is 0.280 e. The van der Waals surface area contributed by atoms with Gasteiger partial charge < -0.3 is 4.74 Å². The summed E-state index contributed by atoms with van der Waals surface area (Å²) < 4.78 is 8.85. The van der Waals surface area contributed by atoms with Crippen molar-refractivity contribution >= 4 is 67.0 Å². The number of carbonyl (C=O) groups excluding carboxylic acids is 1. The molecule has 1 N–H and O–H groups in total. The molecule has 0 aliphatic rings. The smallest absolute Gasteiger partial charge is 0.280 e. The molecular formula is C23H17Br2Cl2N3O2. The second kappa shape index (κ2) is 10.6. The van der Waals surface area contributed by atoms with Crippen molar-refractivity contribution in [2.45, 2.75) is 20.5 Å². The number of nitrogens with one attached hydrogen (secondary N) is 1. The van der Waals surface area contributed by atoms with Gasteiger partial charge in [0.05, 0.1) is 8.95 Å². The summed E-state index contributed by atoms with van der Waals surface area (Å²) in [5.41, 5.74) is 5.87. The van der Waals surface area contributed by atoms with Crippen LogP contribution in [0.25, 0.3) is 6.08 Å². The van der Waals surface area contributed by atoms with Crippen LogP contribution < -0.4 is 10.2 Å². The van der Waals surface area contributed by atoms with E-state index in [9.17, 15) is 10.1 Å². The summed E-state index contributed by atoms with van der Waals surface area (Å²) in [6.45, 7) is 3.98. The largest absolute Gasteiger partial charge is 0.486 e. The minimum Gasteiger partial charge on any atom is -0.486 e. The maximum absolute atomic E-state index is 12.6. The van der Waals surface area contributed by atoms with Crippen molar-refractivity contribution in [2.24, 2.45) is 0 Å². The molecule has 1 amide bonds. The van der Waals surface area contributed by atoms with Gasteiger partial charge in [0, 0.05) is 27.0 Å². The molecule has 0 saturated heterocycles. The van der Waals surface area contributed by atoms with E-state index in [0.29, 0.717) is 30.3 Å². The van der Waals surface area contributed by atoms with E-state index in [1.54, 1.807) is 35.0 Å². The standard InChI is InChI=1S/C23H17Br2Cl2N3O2/c1-13-3-4-14(2)30(13)29-23(31)17(11-28)7-15-8-19(24)22(20(25)9-15)32-12-16-5-6-18(26)10-21(16)27/h3-10H,12H2,1-2H3,(H,29,31)/b17-7-. The molecule has 2 aromatic carbocycles. The fourth-order valence-corrected chi connectivity index (χ4v) is 4.83. The first kappa shape index (κ1) is 24.4. The summed E-state index contributed by atoms with van der Waals surface area (Å²) in [5, 5.41) is 10.6. The van der Waals surface area contributed by atoms with Gasteiger partial charge in [0.1, 0.15) is 24.0 Å². The summed E-state index contributed by atoms with van der Waals surface area (Å²) in [6.07, 6.45) is 1.51. The number of aryl methyl sites for hydroxylation is 2. The number of nitrogens with zero attached hydrogens (tertiary/aromatic N) is 2. The van der Waals surface area contributed by atoms with Crippen molar-refractivity contribution in [1.29, 1.82) is 5.26 Å². The molecule has 0 saturated carbocycles. The quantitative estimate of drug-likeness (QED) is 0.241. The lowest BCUT2D eigenvalue weighted by Gasteiger charge is -2.13. The van der Waals surface area contributed by atoms with Crippen LogP contribution in [0, 0.1) is 25.2 Å². The van der Waals surface area contributed by atoms with Crippen molar-refractivity contribution in [2.75, 3.05) is 5.43 Å². The number of rotatable bonds is 6. The summed E-state index contributed by atoms with van der Waals surface area (Å²) in [6, 6.07) is 14.5. The number of halogens is 4. The first-order chi connectivity index (χ1) is 15.2. The highest BCUT2D eigenvalue weighted by Gasteiger charge is 2.14. The number of aromatic nitrogens is 1. The lowest BCUT2D eigenvalue weighted by atomic mass is 10.1. The van der Waals surface area contributed by atoms with Gasteiger partial charge in [0.15, 0.2) is 0 Å². The molecule has 5 nitrogen and oxygen atoms in total. The molecule has 164 valence electrons. The van der Waals surface area contributed by atoms with Crippen molar-refractivity contribution in [3.8, 4) is 11.8 Å². The van der Waals surface area contributed by atoms with E-state index in [-0.39, 0.29) is 12.2 Å². The van der Waals surface area contributed by atoms with Gasteiger partial charge in [0.25, 0.3) is 5.91 Å². The molecule has 3 aromatic rings. The fourth-order valence-electron chi connectivity index (χ4n) is 2.91. The molecule has 0 fully saturated rings. The van der Waals surface area contributed by atoms with E-state index < -0.39 is 5.91 Å². The highest BCUT2D eigenvalue weighted by Crippen LogP contribution is 2.36. The van der Waals surface area contributed by atoms with Crippen LogP contribution in [-0.2, 0) is 11.4 Å². The third kappa shape index (κ3) is 5.76. The molecule has 0 radical (unpaired) electrons. The number of hydrogen-bond acceptors (Lipinski definition) is 3. The van der Waals surface area contributed by atoms with Crippen LogP contribution in [0.4, 0.5) is 0 Å². The normalized spacial score (nSPS) is 11.2. The lowest BCUT2D eigenvalue weighted by Crippen LogP contribution is -2.25. The molecule has 0 spiro atoms.